The van der Waals surface area contributed by atoms with E-state index >= 15 is 0 Å². The van der Waals surface area contributed by atoms with Crippen molar-refractivity contribution in [3.8, 4) is 17.0 Å². The van der Waals surface area contributed by atoms with Crippen LogP contribution in [0.5, 0.6) is 5.75 Å². The Kier molecular flexibility index (Phi) is 6.11. The van der Waals surface area contributed by atoms with Crippen molar-refractivity contribution in [1.29, 1.82) is 0 Å². The molecule has 2 N–H and O–H groups in total. The highest BCUT2D eigenvalue weighted by atomic mass is 32.1. The lowest BCUT2D eigenvalue weighted by Crippen LogP contribution is -2.38. The molecule has 10 heteroatoms. The Bertz CT molecular complexity index is 1150. The summed E-state index contributed by atoms with van der Waals surface area (Å²) < 4.78 is 35.1. The highest BCUT2D eigenvalue weighted by molar-refractivity contribution is 7.15. The first kappa shape index (κ1) is 22.0. The van der Waals surface area contributed by atoms with E-state index < -0.39 is 11.6 Å². The first-order chi connectivity index (χ1) is 16.0. The summed E-state index contributed by atoms with van der Waals surface area (Å²) in [4.78, 5) is 16.1. The van der Waals surface area contributed by atoms with Crippen LogP contribution in [0.1, 0.15) is 37.5 Å². The maximum Gasteiger partial charge on any atom is 0.229 e. The van der Waals surface area contributed by atoms with Gasteiger partial charge in [-0.3, -0.25) is 0 Å². The summed E-state index contributed by atoms with van der Waals surface area (Å²) in [5, 5.41) is 7.09. The third kappa shape index (κ3) is 4.49. The number of fused-ring (bicyclic) bond motifs is 1. The summed E-state index contributed by atoms with van der Waals surface area (Å²) in [6.45, 7) is 7.11. The van der Waals surface area contributed by atoms with Crippen LogP contribution in [0.25, 0.3) is 11.3 Å². The molecule has 4 heterocycles. The van der Waals surface area contributed by atoms with Gasteiger partial charge in [0, 0.05) is 22.7 Å². The average Bonchev–Trinajstić information content (AvgIpc) is 3.29. The van der Waals surface area contributed by atoms with Gasteiger partial charge in [0.25, 0.3) is 0 Å². The van der Waals surface area contributed by atoms with Crippen LogP contribution in [0.4, 0.5) is 25.5 Å². The molecule has 33 heavy (non-hydrogen) atoms. The predicted molar refractivity (Wildman–Crippen MR) is 126 cm³/mol. The fraction of sp³-hybridized carbons (Fsp3) is 0.435. The number of anilines is 3. The van der Waals surface area contributed by atoms with Gasteiger partial charge >= 0.3 is 0 Å². The van der Waals surface area contributed by atoms with Crippen LogP contribution in [-0.4, -0.2) is 47.2 Å². The quantitative estimate of drug-likeness (QED) is 0.558. The fourth-order valence-electron chi connectivity index (χ4n) is 4.34. The summed E-state index contributed by atoms with van der Waals surface area (Å²) in [5.41, 5.74) is 0.962. The number of aromatic nitrogens is 3. The normalized spacial score (nSPS) is 16.6. The Morgan fingerprint density at radius 3 is 2.76 bits per heavy atom. The zero-order valence-electron chi connectivity index (χ0n) is 18.6. The van der Waals surface area contributed by atoms with E-state index in [1.54, 1.807) is 17.4 Å². The van der Waals surface area contributed by atoms with Gasteiger partial charge in [-0.15, -0.1) is 11.3 Å². The van der Waals surface area contributed by atoms with Crippen molar-refractivity contribution in [1.82, 2.24) is 20.3 Å². The molecule has 0 aliphatic carbocycles. The minimum Gasteiger partial charge on any atom is -0.486 e. The van der Waals surface area contributed by atoms with Crippen LogP contribution in [0.3, 0.4) is 0 Å². The van der Waals surface area contributed by atoms with Crippen molar-refractivity contribution in [2.45, 2.75) is 38.6 Å². The van der Waals surface area contributed by atoms with Crippen molar-refractivity contribution in [3.05, 3.63) is 41.0 Å². The van der Waals surface area contributed by atoms with E-state index in [1.165, 1.54) is 10.9 Å². The smallest absolute Gasteiger partial charge is 0.229 e. The number of nitrogens with zero attached hydrogens (tertiary/aromatic N) is 4. The SMILES string of the molecule is CC(C)N1CCOc2c(F)cc(-c3nc(Nc4ncc(C5CCNCC5)s4)ncc3F)cc21. The van der Waals surface area contributed by atoms with Crippen LogP contribution < -0.4 is 20.3 Å². The van der Waals surface area contributed by atoms with Crippen LogP contribution in [0, 0.1) is 11.6 Å². The lowest BCUT2D eigenvalue weighted by molar-refractivity contribution is 0.287. The molecule has 1 fully saturated rings. The van der Waals surface area contributed by atoms with Gasteiger partial charge in [0.05, 0.1) is 18.4 Å². The van der Waals surface area contributed by atoms with E-state index in [0.29, 0.717) is 35.5 Å². The molecule has 0 spiro atoms. The van der Waals surface area contributed by atoms with E-state index in [-0.39, 0.29) is 23.4 Å². The number of hydrogen-bond acceptors (Lipinski definition) is 8. The second-order valence-corrected chi connectivity index (χ2v) is 9.61. The molecule has 2 aromatic heterocycles. The van der Waals surface area contributed by atoms with Crippen LogP contribution in [0.2, 0.25) is 0 Å². The summed E-state index contributed by atoms with van der Waals surface area (Å²) in [6.07, 6.45) is 5.15. The van der Waals surface area contributed by atoms with Crippen molar-refractivity contribution in [2.24, 2.45) is 0 Å². The summed E-state index contributed by atoms with van der Waals surface area (Å²) >= 11 is 1.56. The van der Waals surface area contributed by atoms with Crippen LogP contribution in [-0.2, 0) is 0 Å². The number of thiazole rings is 1. The number of benzene rings is 1. The van der Waals surface area contributed by atoms with Gasteiger partial charge < -0.3 is 20.3 Å². The molecule has 0 unspecified atom stereocenters. The summed E-state index contributed by atoms with van der Waals surface area (Å²) in [6, 6.07) is 3.13. The zero-order valence-corrected chi connectivity index (χ0v) is 19.4. The minimum absolute atomic E-state index is 0.0265. The average molecular weight is 473 g/mol. The summed E-state index contributed by atoms with van der Waals surface area (Å²) in [5.74, 6) is -0.254. The van der Waals surface area contributed by atoms with E-state index in [0.717, 1.165) is 32.1 Å². The van der Waals surface area contributed by atoms with Crippen molar-refractivity contribution >= 4 is 28.1 Å². The van der Waals surface area contributed by atoms with E-state index in [2.05, 4.69) is 25.6 Å². The van der Waals surface area contributed by atoms with Crippen molar-refractivity contribution in [2.75, 3.05) is 36.5 Å². The van der Waals surface area contributed by atoms with E-state index in [1.807, 2.05) is 24.9 Å². The highest BCUT2D eigenvalue weighted by Crippen LogP contribution is 2.39. The Morgan fingerprint density at radius 1 is 1.15 bits per heavy atom. The molecule has 1 saturated heterocycles. The second-order valence-electron chi connectivity index (χ2n) is 8.55. The monoisotopic (exact) mass is 472 g/mol. The number of ether oxygens (including phenoxy) is 1. The van der Waals surface area contributed by atoms with Crippen molar-refractivity contribution < 1.29 is 13.5 Å². The number of nitrogens with one attached hydrogen (secondary N) is 2. The maximum atomic E-state index is 14.9. The molecule has 174 valence electrons. The Balaban J connectivity index is 1.43. The molecule has 0 radical (unpaired) electrons. The lowest BCUT2D eigenvalue weighted by Gasteiger charge is -2.34. The number of rotatable bonds is 5. The molecule has 0 saturated carbocycles. The maximum absolute atomic E-state index is 14.9. The molecule has 2 aliphatic heterocycles. The standard InChI is InChI=1S/C23H26F2N6OS/c1-13(2)31-7-8-32-21-16(24)9-15(10-18(21)31)20-17(25)11-27-22(29-20)30-23-28-12-19(33-23)14-3-5-26-6-4-14/h9-14,26H,3-8H2,1-2H3,(H,27,28,29,30). The van der Waals surface area contributed by atoms with Gasteiger partial charge in [-0.1, -0.05) is 0 Å². The van der Waals surface area contributed by atoms with Gasteiger partial charge in [0.2, 0.25) is 5.95 Å². The van der Waals surface area contributed by atoms with Crippen LogP contribution in [0.15, 0.2) is 24.5 Å². The number of halogens is 2. The Morgan fingerprint density at radius 2 is 1.97 bits per heavy atom. The van der Waals surface area contributed by atoms with Gasteiger partial charge in [0.15, 0.2) is 22.5 Å². The molecule has 0 amide bonds. The van der Waals surface area contributed by atoms with Gasteiger partial charge in [-0.05, 0) is 57.8 Å². The van der Waals surface area contributed by atoms with E-state index in [4.69, 9.17) is 4.74 Å². The first-order valence-electron chi connectivity index (χ1n) is 11.2. The molecule has 2 aliphatic rings. The third-order valence-corrected chi connectivity index (χ3v) is 7.11. The van der Waals surface area contributed by atoms with E-state index in [9.17, 15) is 8.78 Å². The first-order valence-corrected chi connectivity index (χ1v) is 12.0. The largest absolute Gasteiger partial charge is 0.486 e. The molecule has 5 rings (SSSR count). The lowest BCUT2D eigenvalue weighted by atomic mass is 9.97. The predicted octanol–water partition coefficient (Wildman–Crippen LogP) is 4.70. The fourth-order valence-corrected chi connectivity index (χ4v) is 5.32. The molecule has 7 nitrogen and oxygen atoms in total. The second kappa shape index (κ2) is 9.18. The van der Waals surface area contributed by atoms with Crippen LogP contribution >= 0.6 is 11.3 Å². The third-order valence-electron chi connectivity index (χ3n) is 6.04. The number of hydrogen-bond donors (Lipinski definition) is 2. The van der Waals surface area contributed by atoms with Gasteiger partial charge in [-0.2, -0.15) is 0 Å². The van der Waals surface area contributed by atoms with Crippen molar-refractivity contribution in [3.63, 3.8) is 0 Å². The number of piperidine rings is 1. The molecular formula is C23H26F2N6OS. The topological polar surface area (TPSA) is 75.2 Å². The Hall–Kier alpha value is -2.85. The Labute approximate surface area is 195 Å². The molecular weight excluding hydrogens is 446 g/mol. The molecule has 0 bridgehead atoms. The van der Waals surface area contributed by atoms with Gasteiger partial charge in [-0.25, -0.2) is 23.7 Å². The zero-order chi connectivity index (χ0) is 22.9. The highest BCUT2D eigenvalue weighted by Gasteiger charge is 2.26. The molecule has 0 atom stereocenters. The van der Waals surface area contributed by atoms with Gasteiger partial charge in [0.1, 0.15) is 12.3 Å². The summed E-state index contributed by atoms with van der Waals surface area (Å²) in [7, 11) is 0. The minimum atomic E-state index is -0.623. The molecule has 1 aromatic carbocycles. The molecule has 3 aromatic rings.